The maximum Gasteiger partial charge on any atom is 0.258 e. The third-order valence-corrected chi connectivity index (χ3v) is 5.30. The average Bonchev–Trinajstić information content (AvgIpc) is 2.97. The highest BCUT2D eigenvalue weighted by molar-refractivity contribution is 6.12. The Hall–Kier alpha value is -2.82. The van der Waals surface area contributed by atoms with E-state index in [1.807, 2.05) is 43.5 Å². The van der Waals surface area contributed by atoms with Crippen LogP contribution in [-0.4, -0.2) is 29.0 Å². The number of benzene rings is 1. The predicted molar refractivity (Wildman–Crippen MR) is 106 cm³/mol. The van der Waals surface area contributed by atoms with Crippen LogP contribution in [0.3, 0.4) is 0 Å². The number of piperidine rings is 1. The molecule has 0 aliphatic carbocycles. The highest BCUT2D eigenvalue weighted by Gasteiger charge is 2.15. The second-order valence-corrected chi connectivity index (χ2v) is 7.01. The van der Waals surface area contributed by atoms with E-state index in [1.165, 1.54) is 24.8 Å². The third kappa shape index (κ3) is 3.05. The Labute approximate surface area is 153 Å². The Balaban J connectivity index is 1.54. The first-order valence-corrected chi connectivity index (χ1v) is 9.24. The number of aromatic amines is 1. The fourth-order valence-corrected chi connectivity index (χ4v) is 3.65. The van der Waals surface area contributed by atoms with Crippen molar-refractivity contribution in [2.75, 3.05) is 23.3 Å². The molecule has 134 valence electrons. The van der Waals surface area contributed by atoms with E-state index in [1.54, 1.807) is 0 Å². The lowest BCUT2D eigenvalue weighted by Gasteiger charge is -2.28. The Morgan fingerprint density at radius 3 is 2.65 bits per heavy atom. The van der Waals surface area contributed by atoms with E-state index in [0.717, 1.165) is 35.4 Å². The standard InChI is InChI=1S/C21H24N4O/c1-14-15(2)23-20-17(14)7-6-8-18(20)21(26)24-19-10-9-16(13-22-19)25-11-4-3-5-12-25/h6-10,13,23H,3-5,11-12H2,1-2H3,(H,22,24,26). The molecule has 0 bridgehead atoms. The number of nitrogens with zero attached hydrogens (tertiary/aromatic N) is 2. The van der Waals surface area contributed by atoms with Crippen LogP contribution in [-0.2, 0) is 0 Å². The number of rotatable bonds is 3. The topological polar surface area (TPSA) is 61.0 Å². The minimum absolute atomic E-state index is 0.143. The third-order valence-electron chi connectivity index (χ3n) is 5.30. The Kier molecular flexibility index (Phi) is 4.37. The van der Waals surface area contributed by atoms with Gasteiger partial charge in [-0.1, -0.05) is 12.1 Å². The summed E-state index contributed by atoms with van der Waals surface area (Å²) in [5.41, 5.74) is 4.91. The molecule has 1 fully saturated rings. The van der Waals surface area contributed by atoms with Crippen LogP contribution in [0.1, 0.15) is 40.9 Å². The summed E-state index contributed by atoms with van der Waals surface area (Å²) >= 11 is 0. The van der Waals surface area contributed by atoms with Crippen molar-refractivity contribution in [3.8, 4) is 0 Å². The number of fused-ring (bicyclic) bond motifs is 1. The lowest BCUT2D eigenvalue weighted by molar-refractivity contribution is 0.102. The SMILES string of the molecule is Cc1[nH]c2c(C(=O)Nc3ccc(N4CCCCC4)cn3)cccc2c1C. The molecule has 0 spiro atoms. The first-order chi connectivity index (χ1) is 12.6. The summed E-state index contributed by atoms with van der Waals surface area (Å²) in [5.74, 6) is 0.433. The number of hydrogen-bond acceptors (Lipinski definition) is 3. The van der Waals surface area contributed by atoms with Crippen LogP contribution >= 0.6 is 0 Å². The zero-order valence-electron chi connectivity index (χ0n) is 15.3. The lowest BCUT2D eigenvalue weighted by Crippen LogP contribution is -2.29. The highest BCUT2D eigenvalue weighted by Crippen LogP contribution is 2.25. The molecule has 1 aromatic carbocycles. The van der Waals surface area contributed by atoms with E-state index in [0.29, 0.717) is 11.4 Å². The molecule has 1 aliphatic heterocycles. The van der Waals surface area contributed by atoms with Gasteiger partial charge in [-0.2, -0.15) is 0 Å². The van der Waals surface area contributed by atoms with Gasteiger partial charge in [0.25, 0.3) is 5.91 Å². The smallest absolute Gasteiger partial charge is 0.258 e. The number of amides is 1. The van der Waals surface area contributed by atoms with Gasteiger partial charge in [-0.15, -0.1) is 0 Å². The molecule has 2 aromatic heterocycles. The van der Waals surface area contributed by atoms with Crippen molar-refractivity contribution in [2.24, 2.45) is 0 Å². The van der Waals surface area contributed by atoms with E-state index < -0.39 is 0 Å². The van der Waals surface area contributed by atoms with Crippen LogP contribution < -0.4 is 10.2 Å². The van der Waals surface area contributed by atoms with E-state index in [2.05, 4.69) is 27.1 Å². The van der Waals surface area contributed by atoms with E-state index >= 15 is 0 Å². The number of anilines is 2. The van der Waals surface area contributed by atoms with E-state index in [4.69, 9.17) is 0 Å². The molecule has 5 heteroatoms. The maximum atomic E-state index is 12.8. The molecule has 0 unspecified atom stereocenters. The summed E-state index contributed by atoms with van der Waals surface area (Å²) in [6.45, 7) is 6.26. The molecule has 4 rings (SSSR count). The second kappa shape index (κ2) is 6.83. The molecule has 2 N–H and O–H groups in total. The summed E-state index contributed by atoms with van der Waals surface area (Å²) < 4.78 is 0. The fourth-order valence-electron chi connectivity index (χ4n) is 3.65. The quantitative estimate of drug-likeness (QED) is 0.736. The molecular formula is C21H24N4O. The lowest BCUT2D eigenvalue weighted by atomic mass is 10.1. The van der Waals surface area contributed by atoms with Crippen molar-refractivity contribution >= 4 is 28.3 Å². The van der Waals surface area contributed by atoms with Crippen molar-refractivity contribution in [1.82, 2.24) is 9.97 Å². The number of H-pyrrole nitrogens is 1. The van der Waals surface area contributed by atoms with Gasteiger partial charge >= 0.3 is 0 Å². The van der Waals surface area contributed by atoms with Gasteiger partial charge in [0.2, 0.25) is 0 Å². The predicted octanol–water partition coefficient (Wildman–Crippen LogP) is 4.42. The molecule has 3 aromatic rings. The normalized spacial score (nSPS) is 14.6. The highest BCUT2D eigenvalue weighted by atomic mass is 16.1. The molecule has 1 amide bonds. The molecule has 5 nitrogen and oxygen atoms in total. The number of hydrogen-bond donors (Lipinski definition) is 2. The summed E-state index contributed by atoms with van der Waals surface area (Å²) in [5, 5.41) is 4.01. The van der Waals surface area contributed by atoms with Gasteiger partial charge in [0.05, 0.1) is 23.0 Å². The molecule has 0 atom stereocenters. The van der Waals surface area contributed by atoms with E-state index in [-0.39, 0.29) is 5.91 Å². The molecule has 26 heavy (non-hydrogen) atoms. The van der Waals surface area contributed by atoms with Crippen molar-refractivity contribution in [3.63, 3.8) is 0 Å². The summed E-state index contributed by atoms with van der Waals surface area (Å²) in [6.07, 6.45) is 5.63. The molecule has 3 heterocycles. The van der Waals surface area contributed by atoms with Crippen molar-refractivity contribution in [2.45, 2.75) is 33.1 Å². The number of aryl methyl sites for hydroxylation is 2. The number of pyridine rings is 1. The molecule has 1 aliphatic rings. The van der Waals surface area contributed by atoms with Crippen molar-refractivity contribution < 1.29 is 4.79 Å². The minimum Gasteiger partial charge on any atom is -0.370 e. The Morgan fingerprint density at radius 2 is 1.92 bits per heavy atom. The summed E-state index contributed by atoms with van der Waals surface area (Å²) in [7, 11) is 0. The molecule has 1 saturated heterocycles. The number of carbonyl (C=O) groups is 1. The average molecular weight is 348 g/mol. The monoisotopic (exact) mass is 348 g/mol. The first-order valence-electron chi connectivity index (χ1n) is 9.24. The minimum atomic E-state index is -0.143. The fraction of sp³-hybridized carbons (Fsp3) is 0.333. The zero-order chi connectivity index (χ0) is 18.1. The van der Waals surface area contributed by atoms with Crippen LogP contribution in [0.4, 0.5) is 11.5 Å². The largest absolute Gasteiger partial charge is 0.370 e. The number of carbonyl (C=O) groups excluding carboxylic acids is 1. The van der Waals surface area contributed by atoms with Gasteiger partial charge in [-0.3, -0.25) is 4.79 Å². The molecule has 0 radical (unpaired) electrons. The summed E-state index contributed by atoms with van der Waals surface area (Å²) in [4.78, 5) is 22.9. The number of nitrogens with one attached hydrogen (secondary N) is 2. The van der Waals surface area contributed by atoms with Gasteiger partial charge in [0.1, 0.15) is 5.82 Å². The van der Waals surface area contributed by atoms with Crippen LogP contribution in [0, 0.1) is 13.8 Å². The Morgan fingerprint density at radius 1 is 1.12 bits per heavy atom. The summed E-state index contributed by atoms with van der Waals surface area (Å²) in [6, 6.07) is 9.72. The van der Waals surface area contributed by atoms with Gasteiger partial charge in [0, 0.05) is 24.2 Å². The number of para-hydroxylation sites is 1. The Bertz CT molecular complexity index is 937. The van der Waals surface area contributed by atoms with Gasteiger partial charge in [0.15, 0.2) is 0 Å². The van der Waals surface area contributed by atoms with Crippen LogP contribution in [0.15, 0.2) is 36.5 Å². The van der Waals surface area contributed by atoms with Gasteiger partial charge < -0.3 is 15.2 Å². The second-order valence-electron chi connectivity index (χ2n) is 7.01. The van der Waals surface area contributed by atoms with Crippen LogP contribution in [0.2, 0.25) is 0 Å². The van der Waals surface area contributed by atoms with Crippen LogP contribution in [0.5, 0.6) is 0 Å². The molecular weight excluding hydrogens is 324 g/mol. The van der Waals surface area contributed by atoms with Crippen molar-refractivity contribution in [3.05, 3.63) is 53.3 Å². The zero-order valence-corrected chi connectivity index (χ0v) is 15.3. The van der Waals surface area contributed by atoms with Gasteiger partial charge in [-0.05, 0) is 56.9 Å². The first kappa shape index (κ1) is 16.6. The molecule has 0 saturated carbocycles. The maximum absolute atomic E-state index is 12.8. The number of aromatic nitrogens is 2. The van der Waals surface area contributed by atoms with Crippen molar-refractivity contribution in [1.29, 1.82) is 0 Å². The van der Waals surface area contributed by atoms with Gasteiger partial charge in [-0.25, -0.2) is 4.98 Å². The van der Waals surface area contributed by atoms with Crippen LogP contribution in [0.25, 0.3) is 10.9 Å². The van der Waals surface area contributed by atoms with E-state index in [9.17, 15) is 4.79 Å².